The molecule has 116 valence electrons. The van der Waals surface area contributed by atoms with Crippen LogP contribution in [0.1, 0.15) is 23.7 Å². The molecule has 0 fully saturated rings. The number of rotatable bonds is 5. The number of benzene rings is 2. The van der Waals surface area contributed by atoms with Crippen LogP contribution >= 0.6 is 0 Å². The van der Waals surface area contributed by atoms with Crippen LogP contribution in [0.15, 0.2) is 48.5 Å². The van der Waals surface area contributed by atoms with E-state index in [1.165, 1.54) is 0 Å². The van der Waals surface area contributed by atoms with E-state index in [2.05, 4.69) is 5.32 Å². The number of aliphatic hydroxyl groups excluding tert-OH is 1. The maximum absolute atomic E-state index is 10.2. The van der Waals surface area contributed by atoms with Crippen molar-refractivity contribution in [2.75, 3.05) is 19.8 Å². The molecule has 1 aliphatic rings. The van der Waals surface area contributed by atoms with Crippen molar-refractivity contribution in [3.05, 3.63) is 59.7 Å². The Kier molecular flexibility index (Phi) is 4.93. The third-order valence-electron chi connectivity index (χ3n) is 3.69. The molecule has 2 aromatic rings. The van der Waals surface area contributed by atoms with Crippen LogP contribution in [-0.4, -0.2) is 24.9 Å². The molecule has 4 heteroatoms. The van der Waals surface area contributed by atoms with E-state index >= 15 is 0 Å². The van der Waals surface area contributed by atoms with E-state index in [4.69, 9.17) is 9.47 Å². The maximum Gasteiger partial charge on any atom is 0.165 e. The van der Waals surface area contributed by atoms with Crippen LogP contribution in [0, 0.1) is 0 Å². The first-order valence-corrected chi connectivity index (χ1v) is 7.66. The number of aliphatic hydroxyl groups is 1. The Bertz CT molecular complexity index is 601. The molecule has 0 amide bonds. The normalized spacial score (nSPS) is 15.1. The molecule has 1 unspecified atom stereocenters. The molecule has 2 N–H and O–H groups in total. The highest BCUT2D eigenvalue weighted by molar-refractivity contribution is 5.47. The van der Waals surface area contributed by atoms with Gasteiger partial charge in [0.1, 0.15) is 0 Å². The first-order chi connectivity index (χ1) is 10.8. The summed E-state index contributed by atoms with van der Waals surface area (Å²) in [4.78, 5) is 0. The molecule has 0 aromatic heterocycles. The maximum atomic E-state index is 10.2. The fourth-order valence-electron chi connectivity index (χ4n) is 2.53. The van der Waals surface area contributed by atoms with Crippen molar-refractivity contribution in [1.82, 2.24) is 5.32 Å². The third-order valence-corrected chi connectivity index (χ3v) is 3.69. The lowest BCUT2D eigenvalue weighted by Gasteiger charge is -2.15. The van der Waals surface area contributed by atoms with E-state index in [0.29, 0.717) is 26.3 Å². The van der Waals surface area contributed by atoms with Crippen molar-refractivity contribution >= 4 is 0 Å². The quantitative estimate of drug-likeness (QED) is 0.891. The van der Waals surface area contributed by atoms with Crippen LogP contribution in [0.5, 0.6) is 11.5 Å². The smallest absolute Gasteiger partial charge is 0.165 e. The summed E-state index contributed by atoms with van der Waals surface area (Å²) in [5.41, 5.74) is 1.97. The second kappa shape index (κ2) is 7.29. The molecule has 3 rings (SSSR count). The molecular formula is C18H21NO3. The average Bonchev–Trinajstić information content (AvgIpc) is 2.81. The highest BCUT2D eigenvalue weighted by atomic mass is 16.5. The SMILES string of the molecule is OC(CNCc1cccc2c1OCCCO2)c1ccccc1. The molecule has 0 spiro atoms. The van der Waals surface area contributed by atoms with Crippen molar-refractivity contribution in [1.29, 1.82) is 0 Å². The van der Waals surface area contributed by atoms with Gasteiger partial charge in [-0.15, -0.1) is 0 Å². The fraction of sp³-hybridized carbons (Fsp3) is 0.333. The molecule has 1 atom stereocenters. The average molecular weight is 299 g/mol. The van der Waals surface area contributed by atoms with Gasteiger partial charge in [-0.05, 0) is 11.6 Å². The van der Waals surface area contributed by atoms with Crippen LogP contribution in [0.3, 0.4) is 0 Å². The Labute approximate surface area is 130 Å². The predicted octanol–water partition coefficient (Wildman–Crippen LogP) is 2.67. The van der Waals surface area contributed by atoms with Gasteiger partial charge in [0.2, 0.25) is 0 Å². The Morgan fingerprint density at radius 3 is 2.68 bits per heavy atom. The molecule has 22 heavy (non-hydrogen) atoms. The van der Waals surface area contributed by atoms with E-state index < -0.39 is 6.10 Å². The van der Waals surface area contributed by atoms with Gasteiger partial charge in [-0.3, -0.25) is 0 Å². The zero-order valence-electron chi connectivity index (χ0n) is 12.5. The molecule has 0 radical (unpaired) electrons. The van der Waals surface area contributed by atoms with Gasteiger partial charge in [-0.1, -0.05) is 42.5 Å². The van der Waals surface area contributed by atoms with Crippen molar-refractivity contribution in [2.24, 2.45) is 0 Å². The largest absolute Gasteiger partial charge is 0.490 e. The van der Waals surface area contributed by atoms with Gasteiger partial charge in [-0.25, -0.2) is 0 Å². The minimum Gasteiger partial charge on any atom is -0.490 e. The minimum absolute atomic E-state index is 0.495. The van der Waals surface area contributed by atoms with Crippen LogP contribution in [-0.2, 0) is 6.54 Å². The summed E-state index contributed by atoms with van der Waals surface area (Å²) >= 11 is 0. The second-order valence-corrected chi connectivity index (χ2v) is 5.35. The molecule has 0 saturated carbocycles. The van der Waals surface area contributed by atoms with Gasteiger partial charge in [0.05, 0.1) is 19.3 Å². The first kappa shape index (κ1) is 14.9. The summed E-state index contributed by atoms with van der Waals surface area (Å²) in [6.07, 6.45) is 0.384. The van der Waals surface area contributed by atoms with Gasteiger partial charge in [0, 0.05) is 25.1 Å². The fourth-order valence-corrected chi connectivity index (χ4v) is 2.53. The van der Waals surface area contributed by atoms with Crippen molar-refractivity contribution in [3.8, 4) is 11.5 Å². The number of nitrogens with one attached hydrogen (secondary N) is 1. The summed E-state index contributed by atoms with van der Waals surface area (Å²) in [6.45, 7) is 2.50. The lowest BCUT2D eigenvalue weighted by atomic mass is 10.1. The Morgan fingerprint density at radius 1 is 1.00 bits per heavy atom. The lowest BCUT2D eigenvalue weighted by molar-refractivity contribution is 0.174. The number of para-hydroxylation sites is 1. The van der Waals surface area contributed by atoms with E-state index in [1.807, 2.05) is 48.5 Å². The van der Waals surface area contributed by atoms with E-state index in [9.17, 15) is 5.11 Å². The van der Waals surface area contributed by atoms with Gasteiger partial charge in [-0.2, -0.15) is 0 Å². The van der Waals surface area contributed by atoms with Gasteiger partial charge in [0.15, 0.2) is 11.5 Å². The molecule has 1 heterocycles. The van der Waals surface area contributed by atoms with Crippen molar-refractivity contribution in [3.63, 3.8) is 0 Å². The molecule has 0 aliphatic carbocycles. The number of hydrogen-bond donors (Lipinski definition) is 2. The summed E-state index contributed by atoms with van der Waals surface area (Å²) in [6, 6.07) is 15.6. The molecule has 1 aliphatic heterocycles. The lowest BCUT2D eigenvalue weighted by Crippen LogP contribution is -2.21. The van der Waals surface area contributed by atoms with Gasteiger partial charge in [0.25, 0.3) is 0 Å². The van der Waals surface area contributed by atoms with E-state index in [1.54, 1.807) is 0 Å². The number of ether oxygens (including phenoxy) is 2. The highest BCUT2D eigenvalue weighted by Crippen LogP contribution is 2.33. The molecule has 2 aromatic carbocycles. The Morgan fingerprint density at radius 2 is 1.82 bits per heavy atom. The Balaban J connectivity index is 1.60. The van der Waals surface area contributed by atoms with Crippen molar-refractivity contribution in [2.45, 2.75) is 19.1 Å². The van der Waals surface area contributed by atoms with Gasteiger partial charge >= 0.3 is 0 Å². The predicted molar refractivity (Wildman–Crippen MR) is 85.2 cm³/mol. The molecule has 0 saturated heterocycles. The summed E-state index contributed by atoms with van der Waals surface area (Å²) in [5.74, 6) is 1.63. The van der Waals surface area contributed by atoms with Crippen LogP contribution < -0.4 is 14.8 Å². The number of hydrogen-bond acceptors (Lipinski definition) is 4. The third kappa shape index (κ3) is 3.59. The highest BCUT2D eigenvalue weighted by Gasteiger charge is 2.14. The molecule has 4 nitrogen and oxygen atoms in total. The Hall–Kier alpha value is -2.04. The zero-order valence-corrected chi connectivity index (χ0v) is 12.5. The monoisotopic (exact) mass is 299 g/mol. The second-order valence-electron chi connectivity index (χ2n) is 5.35. The molecule has 0 bridgehead atoms. The summed E-state index contributed by atoms with van der Waals surface area (Å²) < 4.78 is 11.5. The zero-order chi connectivity index (χ0) is 15.2. The molecular weight excluding hydrogens is 278 g/mol. The van der Waals surface area contributed by atoms with Crippen molar-refractivity contribution < 1.29 is 14.6 Å². The minimum atomic E-state index is -0.513. The standard InChI is InChI=1S/C18H21NO3/c20-16(14-6-2-1-3-7-14)13-19-12-15-8-4-9-17-18(15)22-11-5-10-21-17/h1-4,6-9,16,19-20H,5,10-13H2. The van der Waals surface area contributed by atoms with Crippen LogP contribution in [0.2, 0.25) is 0 Å². The summed E-state index contributed by atoms with van der Waals surface area (Å²) in [7, 11) is 0. The topological polar surface area (TPSA) is 50.7 Å². The van der Waals surface area contributed by atoms with E-state index in [-0.39, 0.29) is 0 Å². The van der Waals surface area contributed by atoms with Crippen LogP contribution in [0.25, 0.3) is 0 Å². The van der Waals surface area contributed by atoms with Crippen LogP contribution in [0.4, 0.5) is 0 Å². The van der Waals surface area contributed by atoms with E-state index in [0.717, 1.165) is 29.0 Å². The number of fused-ring (bicyclic) bond motifs is 1. The van der Waals surface area contributed by atoms with Gasteiger partial charge < -0.3 is 19.9 Å². The summed E-state index contributed by atoms with van der Waals surface area (Å²) in [5, 5.41) is 13.4. The first-order valence-electron chi connectivity index (χ1n) is 7.66.